The van der Waals surface area contributed by atoms with Gasteiger partial charge >= 0.3 is 0 Å². The Hall–Kier alpha value is -3.26. The molecule has 0 aliphatic heterocycles. The van der Waals surface area contributed by atoms with Crippen LogP contribution in [0.4, 0.5) is 5.69 Å². The van der Waals surface area contributed by atoms with Crippen LogP contribution in [-0.2, 0) is 11.3 Å². The quantitative estimate of drug-likeness (QED) is 0.385. The number of hydrogen-bond donors (Lipinski definition) is 1. The molecule has 0 bridgehead atoms. The van der Waals surface area contributed by atoms with Crippen LogP contribution in [0.5, 0.6) is 11.5 Å². The van der Waals surface area contributed by atoms with E-state index < -0.39 is 0 Å². The number of aromatic nitrogens is 3. The predicted molar refractivity (Wildman–Crippen MR) is 118 cm³/mol. The van der Waals surface area contributed by atoms with Crippen molar-refractivity contribution in [1.29, 1.82) is 0 Å². The van der Waals surface area contributed by atoms with Gasteiger partial charge in [0.1, 0.15) is 11.5 Å². The van der Waals surface area contributed by atoms with Crippen molar-refractivity contribution in [2.24, 2.45) is 0 Å². The van der Waals surface area contributed by atoms with E-state index >= 15 is 0 Å². The molecule has 0 saturated heterocycles. The van der Waals surface area contributed by atoms with E-state index in [0.29, 0.717) is 29.0 Å². The number of para-hydroxylation sites is 3. The third-order valence-corrected chi connectivity index (χ3v) is 5.16. The molecule has 1 unspecified atom stereocenters. The third kappa shape index (κ3) is 5.42. The predicted octanol–water partition coefficient (Wildman–Crippen LogP) is 4.34. The highest BCUT2D eigenvalue weighted by Gasteiger charge is 2.20. The van der Waals surface area contributed by atoms with Gasteiger partial charge in [0.25, 0.3) is 0 Å². The number of benzene rings is 2. The summed E-state index contributed by atoms with van der Waals surface area (Å²) in [4.78, 5) is 12.4. The van der Waals surface area contributed by atoms with Gasteiger partial charge in [0.05, 0.1) is 18.6 Å². The molecule has 1 heterocycles. The van der Waals surface area contributed by atoms with E-state index in [1.165, 1.54) is 11.8 Å². The SMILES string of the molecule is C=CCn1c(SCC(=O)Nc2ccccc2OC)nnc1C(C)Oc1ccccc1. The Balaban J connectivity index is 1.67. The molecule has 156 valence electrons. The normalized spacial score (nSPS) is 11.5. The summed E-state index contributed by atoms with van der Waals surface area (Å²) >= 11 is 1.31. The minimum absolute atomic E-state index is 0.159. The van der Waals surface area contributed by atoms with E-state index in [-0.39, 0.29) is 17.8 Å². The van der Waals surface area contributed by atoms with Crippen LogP contribution in [0.1, 0.15) is 18.9 Å². The zero-order valence-corrected chi connectivity index (χ0v) is 17.8. The van der Waals surface area contributed by atoms with Gasteiger partial charge in [-0.2, -0.15) is 0 Å². The van der Waals surface area contributed by atoms with Crippen LogP contribution in [0, 0.1) is 0 Å². The maximum atomic E-state index is 12.4. The molecule has 1 atom stereocenters. The highest BCUT2D eigenvalue weighted by molar-refractivity contribution is 7.99. The number of carbonyl (C=O) groups excluding carboxylic acids is 1. The molecule has 1 aromatic heterocycles. The zero-order chi connectivity index (χ0) is 21.3. The molecule has 3 aromatic rings. The third-order valence-electron chi connectivity index (χ3n) is 4.19. The number of methoxy groups -OCH3 is 1. The lowest BCUT2D eigenvalue weighted by Gasteiger charge is -2.15. The van der Waals surface area contributed by atoms with Crippen molar-refractivity contribution in [3.63, 3.8) is 0 Å². The van der Waals surface area contributed by atoms with E-state index in [1.807, 2.05) is 54.0 Å². The number of carbonyl (C=O) groups is 1. The Kier molecular flexibility index (Phi) is 7.51. The van der Waals surface area contributed by atoms with Crippen molar-refractivity contribution in [3.8, 4) is 11.5 Å². The first-order valence-electron chi connectivity index (χ1n) is 9.43. The Morgan fingerprint density at radius 3 is 2.67 bits per heavy atom. The summed E-state index contributed by atoms with van der Waals surface area (Å²) in [6, 6.07) is 16.8. The summed E-state index contributed by atoms with van der Waals surface area (Å²) in [5.74, 6) is 2.06. The fourth-order valence-corrected chi connectivity index (χ4v) is 3.58. The van der Waals surface area contributed by atoms with Crippen LogP contribution in [-0.4, -0.2) is 33.5 Å². The summed E-state index contributed by atoms with van der Waals surface area (Å²) in [6.45, 7) is 6.24. The number of allylic oxidation sites excluding steroid dienone is 1. The van der Waals surface area contributed by atoms with Crippen LogP contribution in [0.15, 0.2) is 72.4 Å². The maximum absolute atomic E-state index is 12.4. The van der Waals surface area contributed by atoms with Gasteiger partial charge in [-0.3, -0.25) is 9.36 Å². The average molecular weight is 425 g/mol. The molecular formula is C22H24N4O3S. The van der Waals surface area contributed by atoms with Gasteiger partial charge in [0.2, 0.25) is 5.91 Å². The first-order chi connectivity index (χ1) is 14.6. The fourth-order valence-electron chi connectivity index (χ4n) is 2.83. The van der Waals surface area contributed by atoms with Crippen LogP contribution in [0.2, 0.25) is 0 Å². The number of amides is 1. The molecule has 0 saturated carbocycles. The number of rotatable bonds is 10. The van der Waals surface area contributed by atoms with Gasteiger partial charge in [0, 0.05) is 6.54 Å². The summed E-state index contributed by atoms with van der Waals surface area (Å²) < 4.78 is 13.1. The van der Waals surface area contributed by atoms with E-state index in [1.54, 1.807) is 25.3 Å². The molecule has 0 fully saturated rings. The topological polar surface area (TPSA) is 78.3 Å². The number of anilines is 1. The van der Waals surface area contributed by atoms with E-state index in [9.17, 15) is 4.79 Å². The Labute approximate surface area is 180 Å². The first kappa shape index (κ1) is 21.4. The van der Waals surface area contributed by atoms with E-state index in [2.05, 4.69) is 22.1 Å². The lowest BCUT2D eigenvalue weighted by atomic mass is 10.3. The molecule has 1 amide bonds. The zero-order valence-electron chi connectivity index (χ0n) is 16.9. The van der Waals surface area contributed by atoms with Gasteiger partial charge in [-0.25, -0.2) is 0 Å². The summed E-state index contributed by atoms with van der Waals surface area (Å²) in [6.07, 6.45) is 1.46. The smallest absolute Gasteiger partial charge is 0.234 e. The molecule has 1 N–H and O–H groups in total. The van der Waals surface area contributed by atoms with Gasteiger partial charge in [-0.1, -0.05) is 48.2 Å². The Morgan fingerprint density at radius 1 is 1.20 bits per heavy atom. The van der Waals surface area contributed by atoms with Crippen molar-refractivity contribution < 1.29 is 14.3 Å². The van der Waals surface area contributed by atoms with Gasteiger partial charge < -0.3 is 14.8 Å². The molecule has 2 aromatic carbocycles. The molecule has 8 heteroatoms. The molecule has 0 aliphatic carbocycles. The largest absolute Gasteiger partial charge is 0.495 e. The number of hydrogen-bond acceptors (Lipinski definition) is 6. The second-order valence-electron chi connectivity index (χ2n) is 6.35. The molecular weight excluding hydrogens is 400 g/mol. The molecule has 0 aliphatic rings. The molecule has 0 spiro atoms. The molecule has 30 heavy (non-hydrogen) atoms. The highest BCUT2D eigenvalue weighted by Crippen LogP contribution is 2.26. The highest BCUT2D eigenvalue weighted by atomic mass is 32.2. The van der Waals surface area contributed by atoms with Gasteiger partial charge in [-0.05, 0) is 31.2 Å². The number of thioether (sulfide) groups is 1. The fraction of sp³-hybridized carbons (Fsp3) is 0.227. The second-order valence-corrected chi connectivity index (χ2v) is 7.29. The summed E-state index contributed by atoms with van der Waals surface area (Å²) in [5.41, 5.74) is 0.628. The number of nitrogens with zero attached hydrogens (tertiary/aromatic N) is 3. The minimum atomic E-state index is -0.309. The average Bonchev–Trinajstić information content (AvgIpc) is 3.16. The van der Waals surface area contributed by atoms with E-state index in [4.69, 9.17) is 9.47 Å². The van der Waals surface area contributed by atoms with Crippen molar-refractivity contribution in [2.45, 2.75) is 24.7 Å². The van der Waals surface area contributed by atoms with Crippen molar-refractivity contribution in [1.82, 2.24) is 14.8 Å². The van der Waals surface area contributed by atoms with E-state index in [0.717, 1.165) is 5.75 Å². The lowest BCUT2D eigenvalue weighted by Crippen LogP contribution is -2.16. The van der Waals surface area contributed by atoms with Gasteiger partial charge in [0.15, 0.2) is 17.1 Å². The van der Waals surface area contributed by atoms with Crippen LogP contribution < -0.4 is 14.8 Å². The van der Waals surface area contributed by atoms with Crippen molar-refractivity contribution in [2.75, 3.05) is 18.2 Å². The standard InChI is InChI=1S/C22H24N4O3S/c1-4-14-26-21(16(2)29-17-10-6-5-7-11-17)24-25-22(26)30-15-20(27)23-18-12-8-9-13-19(18)28-3/h4-13,16H,1,14-15H2,2-3H3,(H,23,27). The van der Waals surface area contributed by atoms with Crippen LogP contribution in [0.3, 0.4) is 0 Å². The Bertz CT molecular complexity index is 991. The number of nitrogens with one attached hydrogen (secondary N) is 1. The van der Waals surface area contributed by atoms with Gasteiger partial charge in [-0.15, -0.1) is 16.8 Å². The van der Waals surface area contributed by atoms with Crippen LogP contribution in [0.25, 0.3) is 0 Å². The second kappa shape index (κ2) is 10.5. The van der Waals surface area contributed by atoms with Crippen LogP contribution >= 0.6 is 11.8 Å². The molecule has 3 rings (SSSR count). The van der Waals surface area contributed by atoms with Crippen molar-refractivity contribution in [3.05, 3.63) is 73.1 Å². The lowest BCUT2D eigenvalue weighted by molar-refractivity contribution is -0.113. The first-order valence-corrected chi connectivity index (χ1v) is 10.4. The summed E-state index contributed by atoms with van der Waals surface area (Å²) in [7, 11) is 1.57. The minimum Gasteiger partial charge on any atom is -0.495 e. The maximum Gasteiger partial charge on any atom is 0.234 e. The van der Waals surface area contributed by atoms with Crippen molar-refractivity contribution >= 4 is 23.4 Å². The molecule has 0 radical (unpaired) electrons. The Morgan fingerprint density at radius 2 is 1.93 bits per heavy atom. The summed E-state index contributed by atoms with van der Waals surface area (Å²) in [5, 5.41) is 12.0. The monoisotopic (exact) mass is 424 g/mol. The number of ether oxygens (including phenoxy) is 2. The molecule has 7 nitrogen and oxygen atoms in total.